The summed E-state index contributed by atoms with van der Waals surface area (Å²) in [6, 6.07) is 16.9. The Kier molecular flexibility index (Phi) is 20.4. The van der Waals surface area contributed by atoms with Crippen molar-refractivity contribution in [3.8, 4) is 0 Å². The molecule has 0 bridgehead atoms. The molecule has 0 aromatic heterocycles. The van der Waals surface area contributed by atoms with Crippen LogP contribution in [0.1, 0.15) is 79.2 Å². The van der Waals surface area contributed by atoms with E-state index >= 15 is 0 Å². The number of methoxy groups -OCH3 is 1. The van der Waals surface area contributed by atoms with Crippen molar-refractivity contribution < 1.29 is 28.7 Å². The maximum atomic E-state index is 13.6. The number of ketones is 1. The van der Waals surface area contributed by atoms with Crippen LogP contribution in [0.2, 0.25) is 0 Å². The quantitative estimate of drug-likeness (QED) is 0.117. The van der Waals surface area contributed by atoms with E-state index in [1.807, 2.05) is 96.1 Å². The van der Waals surface area contributed by atoms with Crippen LogP contribution in [0.25, 0.3) is 0 Å². The van der Waals surface area contributed by atoms with Crippen LogP contribution in [-0.2, 0) is 35.1 Å². The number of nitrogens with zero attached hydrogens (tertiary/aromatic N) is 3. The molecule has 1 heterocycles. The van der Waals surface area contributed by atoms with Gasteiger partial charge in [-0.3, -0.25) is 33.8 Å². The first kappa shape index (κ1) is 48.6. The van der Waals surface area contributed by atoms with Gasteiger partial charge in [0, 0.05) is 74.8 Å². The average molecular weight is 823 g/mol. The highest BCUT2D eigenvalue weighted by Gasteiger charge is 2.35. The van der Waals surface area contributed by atoms with Crippen LogP contribution in [0.5, 0.6) is 0 Å². The molecule has 58 heavy (non-hydrogen) atoms. The maximum absolute atomic E-state index is 13.6. The number of likely N-dealkylation sites (tertiary alicyclic amines) is 1. The Hall–Kier alpha value is -3.78. The molecule has 3 N–H and O–H groups in total. The zero-order chi connectivity index (χ0) is 42.9. The van der Waals surface area contributed by atoms with Gasteiger partial charge in [-0.1, -0.05) is 65.0 Å². The van der Waals surface area contributed by atoms with Crippen LogP contribution in [0, 0.1) is 17.8 Å². The molecule has 322 valence electrons. The first-order valence-electron chi connectivity index (χ1n) is 20.9. The number of Topliss-reactive ketones (excluding diaryl/α,β-unsaturated/α-hetero) is 1. The average Bonchev–Trinajstić information content (AvgIpc) is 3.64. The standard InChI is InChI=1S/C45H70N6O6S/c1-30(2)42(48-44(55)43(31(3)4)49(7)8)45(56)50(9)29-36(57-10)27-39(53)32(5)23-26-51-25-14-17-38(51)40(58-37-20-18-35(19-21-37)47-33(6)52)28-41(54)46-24-22-34-15-12-11-13-16-34/h11-13,15-16,18-21,30-32,36,38,40,42-43H,14,17,22-29H2,1-10H3,(H,46,54)(H,47,52)(H,48,55). The number of hydrogen-bond donors (Lipinski definition) is 3. The van der Waals surface area contributed by atoms with E-state index in [4.69, 9.17) is 4.74 Å². The van der Waals surface area contributed by atoms with Crippen molar-refractivity contribution in [1.29, 1.82) is 0 Å². The number of thioether (sulfide) groups is 1. The topological polar surface area (TPSA) is 140 Å². The van der Waals surface area contributed by atoms with Gasteiger partial charge < -0.3 is 25.6 Å². The number of ether oxygens (including phenoxy) is 1. The van der Waals surface area contributed by atoms with Crippen LogP contribution in [-0.4, -0.2) is 128 Å². The molecule has 1 aliphatic rings. The van der Waals surface area contributed by atoms with Crippen molar-refractivity contribution >= 4 is 46.9 Å². The molecule has 0 spiro atoms. The zero-order valence-electron chi connectivity index (χ0n) is 36.6. The molecule has 0 radical (unpaired) electrons. The van der Waals surface area contributed by atoms with E-state index in [2.05, 4.69) is 33.0 Å². The van der Waals surface area contributed by atoms with Crippen LogP contribution in [0.15, 0.2) is 59.5 Å². The van der Waals surface area contributed by atoms with Gasteiger partial charge in [-0.2, -0.15) is 0 Å². The molecule has 2 aromatic rings. The molecule has 6 unspecified atom stereocenters. The smallest absolute Gasteiger partial charge is 0.245 e. The SMILES string of the molecule is COC(CC(=O)C(C)CCN1CCCC1C(CC(=O)NCCc1ccccc1)Sc1ccc(NC(C)=O)cc1)CN(C)C(=O)C(NC(=O)C(C(C)C)N(C)C)C(C)C. The number of amides is 4. The van der Waals surface area contributed by atoms with Gasteiger partial charge in [0.05, 0.1) is 12.1 Å². The minimum Gasteiger partial charge on any atom is -0.379 e. The van der Waals surface area contributed by atoms with E-state index in [1.54, 1.807) is 30.8 Å². The lowest BCUT2D eigenvalue weighted by molar-refractivity contribution is -0.140. The highest BCUT2D eigenvalue weighted by molar-refractivity contribution is 8.00. The Labute approximate surface area is 351 Å². The van der Waals surface area contributed by atoms with Crippen LogP contribution < -0.4 is 16.0 Å². The Morgan fingerprint density at radius 1 is 0.914 bits per heavy atom. The lowest BCUT2D eigenvalue weighted by Gasteiger charge is -2.33. The van der Waals surface area contributed by atoms with Gasteiger partial charge in [0.1, 0.15) is 11.8 Å². The molecule has 0 aliphatic carbocycles. The summed E-state index contributed by atoms with van der Waals surface area (Å²) in [4.78, 5) is 72.3. The highest BCUT2D eigenvalue weighted by Crippen LogP contribution is 2.35. The van der Waals surface area contributed by atoms with Crippen molar-refractivity contribution in [2.45, 2.75) is 114 Å². The second-order valence-electron chi connectivity index (χ2n) is 16.7. The molecule has 0 saturated carbocycles. The molecule has 1 saturated heterocycles. The first-order valence-corrected chi connectivity index (χ1v) is 21.7. The fourth-order valence-corrected chi connectivity index (χ4v) is 9.08. The number of benzene rings is 2. The zero-order valence-corrected chi connectivity index (χ0v) is 37.4. The van der Waals surface area contributed by atoms with Crippen LogP contribution in [0.4, 0.5) is 5.69 Å². The van der Waals surface area contributed by atoms with Crippen LogP contribution >= 0.6 is 11.8 Å². The summed E-state index contributed by atoms with van der Waals surface area (Å²) in [6.07, 6.45) is 3.44. The second kappa shape index (κ2) is 24.3. The third-order valence-corrected chi connectivity index (χ3v) is 12.3. The van der Waals surface area contributed by atoms with Crippen LogP contribution in [0.3, 0.4) is 0 Å². The third kappa shape index (κ3) is 15.8. The summed E-state index contributed by atoms with van der Waals surface area (Å²) in [5.41, 5.74) is 1.91. The van der Waals surface area contributed by atoms with Gasteiger partial charge in [-0.25, -0.2) is 0 Å². The van der Waals surface area contributed by atoms with E-state index in [9.17, 15) is 24.0 Å². The van der Waals surface area contributed by atoms with E-state index in [1.165, 1.54) is 12.5 Å². The van der Waals surface area contributed by atoms with Crippen molar-refractivity contribution in [2.24, 2.45) is 17.8 Å². The van der Waals surface area contributed by atoms with E-state index in [0.29, 0.717) is 19.4 Å². The highest BCUT2D eigenvalue weighted by atomic mass is 32.2. The van der Waals surface area contributed by atoms with Crippen molar-refractivity contribution in [1.82, 2.24) is 25.3 Å². The molecule has 2 aromatic carbocycles. The van der Waals surface area contributed by atoms with Gasteiger partial charge in [-0.15, -0.1) is 11.8 Å². The number of rotatable bonds is 24. The Morgan fingerprint density at radius 2 is 1.59 bits per heavy atom. The minimum atomic E-state index is -0.704. The van der Waals surface area contributed by atoms with Crippen molar-refractivity contribution in [3.63, 3.8) is 0 Å². The summed E-state index contributed by atoms with van der Waals surface area (Å²) in [5.74, 6) is -0.720. The molecule has 6 atom stereocenters. The number of likely N-dealkylation sites (N-methyl/N-ethyl adjacent to an activating group) is 2. The predicted molar refractivity (Wildman–Crippen MR) is 234 cm³/mol. The molecular formula is C45H70N6O6S. The van der Waals surface area contributed by atoms with E-state index in [0.717, 1.165) is 42.9 Å². The molecule has 12 nitrogen and oxygen atoms in total. The van der Waals surface area contributed by atoms with Crippen molar-refractivity contribution in [2.75, 3.05) is 59.7 Å². The Morgan fingerprint density at radius 3 is 2.17 bits per heavy atom. The molecule has 4 amide bonds. The van der Waals surface area contributed by atoms with Gasteiger partial charge in [0.15, 0.2) is 0 Å². The number of carbonyl (C=O) groups is 5. The maximum Gasteiger partial charge on any atom is 0.245 e. The number of anilines is 1. The van der Waals surface area contributed by atoms with Gasteiger partial charge in [0.2, 0.25) is 23.6 Å². The summed E-state index contributed by atoms with van der Waals surface area (Å²) in [5, 5.41) is 8.93. The van der Waals surface area contributed by atoms with Gasteiger partial charge >= 0.3 is 0 Å². The lowest BCUT2D eigenvalue weighted by atomic mass is 9.96. The van der Waals surface area contributed by atoms with Gasteiger partial charge in [0.25, 0.3) is 0 Å². The molecule has 13 heteroatoms. The third-order valence-electron chi connectivity index (χ3n) is 11.0. The van der Waals surface area contributed by atoms with E-state index < -0.39 is 12.1 Å². The summed E-state index contributed by atoms with van der Waals surface area (Å²) < 4.78 is 5.73. The largest absolute Gasteiger partial charge is 0.379 e. The second-order valence-corrected chi connectivity index (χ2v) is 18.0. The lowest BCUT2D eigenvalue weighted by Crippen LogP contribution is -2.56. The molecule has 1 fully saturated rings. The number of hydrogen-bond acceptors (Lipinski definition) is 9. The number of carbonyl (C=O) groups excluding carboxylic acids is 5. The number of nitrogens with one attached hydrogen (secondary N) is 3. The van der Waals surface area contributed by atoms with Gasteiger partial charge in [-0.05, 0) is 94.5 Å². The normalized spacial score (nSPS) is 17.1. The Bertz CT molecular complexity index is 1600. The van der Waals surface area contributed by atoms with E-state index in [-0.39, 0.29) is 77.5 Å². The first-order chi connectivity index (χ1) is 27.5. The molecule has 1 aliphatic heterocycles. The monoisotopic (exact) mass is 823 g/mol. The molecular weight excluding hydrogens is 753 g/mol. The summed E-state index contributed by atoms with van der Waals surface area (Å²) in [6.45, 7) is 13.6. The fraction of sp³-hybridized carbons (Fsp3) is 0.622. The fourth-order valence-electron chi connectivity index (χ4n) is 7.73. The minimum absolute atomic E-state index is 0.0126. The summed E-state index contributed by atoms with van der Waals surface area (Å²) in [7, 11) is 6.97. The molecule has 3 rings (SSSR count). The predicted octanol–water partition coefficient (Wildman–Crippen LogP) is 5.50. The summed E-state index contributed by atoms with van der Waals surface area (Å²) >= 11 is 1.69. The van der Waals surface area contributed by atoms with Crippen molar-refractivity contribution in [3.05, 3.63) is 60.2 Å². The Balaban J connectivity index is 1.62.